The molecule has 160 valence electrons. The van der Waals surface area contributed by atoms with Crippen molar-refractivity contribution in [2.45, 2.75) is 90.3 Å². The Morgan fingerprint density at radius 2 is 1.86 bits per heavy atom. The summed E-state index contributed by atoms with van der Waals surface area (Å²) in [7, 11) is 0. The Kier molecular flexibility index (Phi) is 8.62. The molecule has 0 bridgehead atoms. The SMILES string of the molecule is CCN(CC)CCCC/C=C1\C[C@H]2C[C@@H](O)[C@H](/C=C/[C@@H](O)C3CCCC3)[C@H]2C1. The number of rotatable bonds is 10. The number of nitrogens with zero attached hydrogens (tertiary/aromatic N) is 1. The molecule has 3 nitrogen and oxygen atoms in total. The zero-order valence-electron chi connectivity index (χ0n) is 18.2. The number of hydrogen-bond acceptors (Lipinski definition) is 3. The van der Waals surface area contributed by atoms with Crippen molar-refractivity contribution in [3.63, 3.8) is 0 Å². The van der Waals surface area contributed by atoms with E-state index in [9.17, 15) is 10.2 Å². The van der Waals surface area contributed by atoms with Crippen LogP contribution < -0.4 is 0 Å². The maximum atomic E-state index is 10.5. The minimum Gasteiger partial charge on any atom is -0.392 e. The van der Waals surface area contributed by atoms with Gasteiger partial charge in [0.15, 0.2) is 0 Å². The second-order valence-electron chi connectivity index (χ2n) is 9.52. The van der Waals surface area contributed by atoms with Gasteiger partial charge in [0.2, 0.25) is 0 Å². The summed E-state index contributed by atoms with van der Waals surface area (Å²) < 4.78 is 0. The summed E-state index contributed by atoms with van der Waals surface area (Å²) in [4.78, 5) is 2.51. The highest BCUT2D eigenvalue weighted by molar-refractivity contribution is 5.18. The van der Waals surface area contributed by atoms with Crippen LogP contribution in [0.3, 0.4) is 0 Å². The summed E-state index contributed by atoms with van der Waals surface area (Å²) in [5, 5.41) is 21.0. The molecule has 3 aliphatic carbocycles. The molecule has 3 heteroatoms. The van der Waals surface area contributed by atoms with Crippen molar-refractivity contribution < 1.29 is 10.2 Å². The summed E-state index contributed by atoms with van der Waals surface area (Å²) in [5.41, 5.74) is 1.62. The first kappa shape index (κ1) is 22.1. The van der Waals surface area contributed by atoms with Crippen LogP contribution in [0.5, 0.6) is 0 Å². The molecule has 28 heavy (non-hydrogen) atoms. The average Bonchev–Trinajstić information content (AvgIpc) is 3.40. The summed E-state index contributed by atoms with van der Waals surface area (Å²) in [5.74, 6) is 1.93. The maximum absolute atomic E-state index is 10.5. The van der Waals surface area contributed by atoms with Crippen molar-refractivity contribution >= 4 is 0 Å². The van der Waals surface area contributed by atoms with Crippen molar-refractivity contribution in [3.05, 3.63) is 23.8 Å². The van der Waals surface area contributed by atoms with Crippen LogP contribution in [-0.2, 0) is 0 Å². The minimum atomic E-state index is -0.309. The number of unbranched alkanes of at least 4 members (excludes halogenated alkanes) is 2. The van der Waals surface area contributed by atoms with E-state index in [2.05, 4.69) is 30.9 Å². The summed E-state index contributed by atoms with van der Waals surface area (Å²) in [6.07, 6.45) is 18.1. The lowest BCUT2D eigenvalue weighted by atomic mass is 9.89. The first-order chi connectivity index (χ1) is 13.6. The van der Waals surface area contributed by atoms with Crippen LogP contribution in [0.2, 0.25) is 0 Å². The van der Waals surface area contributed by atoms with Gasteiger partial charge in [0.1, 0.15) is 0 Å². The van der Waals surface area contributed by atoms with Gasteiger partial charge >= 0.3 is 0 Å². The van der Waals surface area contributed by atoms with Gasteiger partial charge in [-0.15, -0.1) is 0 Å². The second kappa shape index (κ2) is 10.9. The Hall–Kier alpha value is -0.640. The van der Waals surface area contributed by atoms with Gasteiger partial charge in [0.25, 0.3) is 0 Å². The highest BCUT2D eigenvalue weighted by atomic mass is 16.3. The third-order valence-corrected chi connectivity index (χ3v) is 7.78. The third kappa shape index (κ3) is 5.70. The number of hydrogen-bond donors (Lipinski definition) is 2. The van der Waals surface area contributed by atoms with Gasteiger partial charge in [-0.1, -0.05) is 50.5 Å². The van der Waals surface area contributed by atoms with E-state index in [0.29, 0.717) is 17.8 Å². The number of aliphatic hydroxyl groups is 2. The van der Waals surface area contributed by atoms with Crippen molar-refractivity contribution in [1.29, 1.82) is 0 Å². The zero-order chi connectivity index (χ0) is 19.9. The van der Waals surface area contributed by atoms with Crippen molar-refractivity contribution in [2.75, 3.05) is 19.6 Å². The van der Waals surface area contributed by atoms with Gasteiger partial charge in [-0.3, -0.25) is 0 Å². The fourth-order valence-corrected chi connectivity index (χ4v) is 5.96. The Balaban J connectivity index is 1.44. The van der Waals surface area contributed by atoms with Crippen LogP contribution in [-0.4, -0.2) is 47.0 Å². The molecule has 0 saturated heterocycles. The van der Waals surface area contributed by atoms with Crippen LogP contribution in [0.25, 0.3) is 0 Å². The zero-order valence-corrected chi connectivity index (χ0v) is 18.2. The van der Waals surface area contributed by atoms with E-state index in [0.717, 1.165) is 38.8 Å². The molecule has 5 atom stereocenters. The van der Waals surface area contributed by atoms with E-state index in [1.807, 2.05) is 6.08 Å². The Labute approximate surface area is 172 Å². The Bertz CT molecular complexity index is 519. The first-order valence-electron chi connectivity index (χ1n) is 12.1. The molecule has 0 aromatic carbocycles. The van der Waals surface area contributed by atoms with Gasteiger partial charge < -0.3 is 15.1 Å². The van der Waals surface area contributed by atoms with E-state index in [4.69, 9.17) is 0 Å². The first-order valence-corrected chi connectivity index (χ1v) is 12.1. The van der Waals surface area contributed by atoms with Gasteiger partial charge in [-0.05, 0) is 88.8 Å². The molecule has 0 aromatic rings. The number of fused-ring (bicyclic) bond motifs is 1. The number of allylic oxidation sites excluding steroid dienone is 2. The molecule has 0 unspecified atom stereocenters. The molecule has 3 aliphatic rings. The van der Waals surface area contributed by atoms with Crippen molar-refractivity contribution in [3.8, 4) is 0 Å². The molecule has 0 aliphatic heterocycles. The molecule has 0 heterocycles. The molecule has 0 amide bonds. The average molecular weight is 390 g/mol. The molecule has 3 rings (SSSR count). The van der Waals surface area contributed by atoms with Gasteiger partial charge in [-0.25, -0.2) is 0 Å². The third-order valence-electron chi connectivity index (χ3n) is 7.78. The monoisotopic (exact) mass is 389 g/mol. The minimum absolute atomic E-state index is 0.211. The topological polar surface area (TPSA) is 43.7 Å². The van der Waals surface area contributed by atoms with E-state index < -0.39 is 0 Å². The van der Waals surface area contributed by atoms with Crippen molar-refractivity contribution in [2.24, 2.45) is 23.7 Å². The molecule has 0 spiro atoms. The van der Waals surface area contributed by atoms with E-state index in [1.165, 1.54) is 45.1 Å². The Morgan fingerprint density at radius 1 is 1.11 bits per heavy atom. The molecule has 2 N–H and O–H groups in total. The molecule has 3 saturated carbocycles. The van der Waals surface area contributed by atoms with Gasteiger partial charge in [-0.2, -0.15) is 0 Å². The molecule has 0 aromatic heterocycles. The lowest BCUT2D eigenvalue weighted by Gasteiger charge is -2.19. The predicted molar refractivity (Wildman–Crippen MR) is 117 cm³/mol. The standard InChI is InChI=1S/C25H43NO2/c1-3-26(4-2)15-9-5-6-10-19-16-21-18-25(28)22(23(21)17-19)13-14-24(27)20-11-7-8-12-20/h10,13-14,20-25,27-28H,3-9,11-12,15-18H2,1-2H3/b14-13+,19-10+/t21-,22+,23-,24+,25+/m0/s1. The van der Waals surface area contributed by atoms with E-state index >= 15 is 0 Å². The summed E-state index contributed by atoms with van der Waals surface area (Å²) >= 11 is 0. The quantitative estimate of drug-likeness (QED) is 0.411. The second-order valence-corrected chi connectivity index (χ2v) is 9.52. The van der Waals surface area contributed by atoms with Crippen LogP contribution in [0.4, 0.5) is 0 Å². The Morgan fingerprint density at radius 3 is 2.57 bits per heavy atom. The lowest BCUT2D eigenvalue weighted by Crippen LogP contribution is -2.23. The highest BCUT2D eigenvalue weighted by Crippen LogP contribution is 2.50. The normalized spacial score (nSPS) is 33.5. The predicted octanol–water partition coefficient (Wildman–Crippen LogP) is 4.94. The lowest BCUT2D eigenvalue weighted by molar-refractivity contribution is 0.135. The van der Waals surface area contributed by atoms with E-state index in [1.54, 1.807) is 5.57 Å². The van der Waals surface area contributed by atoms with Crippen LogP contribution >= 0.6 is 0 Å². The fourth-order valence-electron chi connectivity index (χ4n) is 5.96. The van der Waals surface area contributed by atoms with E-state index in [-0.39, 0.29) is 18.1 Å². The molecule has 0 radical (unpaired) electrons. The smallest absolute Gasteiger partial charge is 0.0749 e. The fraction of sp³-hybridized carbons (Fsp3) is 0.840. The molecular formula is C25H43NO2. The highest BCUT2D eigenvalue weighted by Gasteiger charge is 2.45. The number of aliphatic hydroxyl groups excluding tert-OH is 2. The van der Waals surface area contributed by atoms with Crippen LogP contribution in [0.15, 0.2) is 23.8 Å². The summed E-state index contributed by atoms with van der Waals surface area (Å²) in [6, 6.07) is 0. The van der Waals surface area contributed by atoms with Gasteiger partial charge in [0, 0.05) is 5.92 Å². The van der Waals surface area contributed by atoms with Crippen LogP contribution in [0, 0.1) is 23.7 Å². The summed E-state index contributed by atoms with van der Waals surface area (Å²) in [6.45, 7) is 8.04. The van der Waals surface area contributed by atoms with Gasteiger partial charge in [0.05, 0.1) is 12.2 Å². The van der Waals surface area contributed by atoms with Crippen molar-refractivity contribution in [1.82, 2.24) is 4.90 Å². The largest absolute Gasteiger partial charge is 0.392 e. The molecule has 3 fully saturated rings. The maximum Gasteiger partial charge on any atom is 0.0749 e. The van der Waals surface area contributed by atoms with Crippen LogP contribution in [0.1, 0.15) is 78.1 Å². The molecular weight excluding hydrogens is 346 g/mol.